The molecule has 0 aromatic carbocycles. The van der Waals surface area contributed by atoms with E-state index in [1.54, 1.807) is 0 Å². The molecule has 0 N–H and O–H groups in total. The lowest BCUT2D eigenvalue weighted by atomic mass is 10.2. The number of hydrogen-bond donors (Lipinski definition) is 0. The van der Waals surface area contributed by atoms with Gasteiger partial charge in [0.1, 0.15) is 6.04 Å². The Morgan fingerprint density at radius 2 is 2.29 bits per heavy atom. The van der Waals surface area contributed by atoms with Crippen molar-refractivity contribution < 1.29 is 19.0 Å². The van der Waals surface area contributed by atoms with Crippen LogP contribution in [-0.4, -0.2) is 62.5 Å². The largest absolute Gasteiger partial charge is 0.462 e. The number of rotatable bonds is 6. The van der Waals surface area contributed by atoms with E-state index in [-0.39, 0.29) is 18.1 Å². The molecular formula is C12H23NO4. The third kappa shape index (κ3) is 5.02. The topological polar surface area (TPSA) is 48.0 Å². The van der Waals surface area contributed by atoms with Crippen molar-refractivity contribution in [2.75, 3.05) is 39.5 Å². The third-order valence-electron chi connectivity index (χ3n) is 2.59. The summed E-state index contributed by atoms with van der Waals surface area (Å²) in [4.78, 5) is 13.9. The molecule has 1 heterocycles. The van der Waals surface area contributed by atoms with Gasteiger partial charge in [0.2, 0.25) is 0 Å². The minimum Gasteiger partial charge on any atom is -0.462 e. The van der Waals surface area contributed by atoms with E-state index in [2.05, 4.69) is 4.90 Å². The quantitative estimate of drug-likeness (QED) is 0.508. The van der Waals surface area contributed by atoms with E-state index >= 15 is 0 Å². The number of esters is 1. The van der Waals surface area contributed by atoms with Gasteiger partial charge in [-0.2, -0.15) is 0 Å². The lowest BCUT2D eigenvalue weighted by Crippen LogP contribution is -2.51. The summed E-state index contributed by atoms with van der Waals surface area (Å²) in [6.07, 6.45) is -0.0850. The van der Waals surface area contributed by atoms with Crippen LogP contribution in [0.5, 0.6) is 0 Å². The zero-order chi connectivity index (χ0) is 12.7. The molecule has 0 spiro atoms. The molecule has 1 aliphatic heterocycles. The van der Waals surface area contributed by atoms with E-state index in [0.717, 1.165) is 13.1 Å². The second kappa shape index (κ2) is 7.63. The van der Waals surface area contributed by atoms with E-state index < -0.39 is 0 Å². The normalized spacial score (nSPS) is 21.8. The average molecular weight is 245 g/mol. The van der Waals surface area contributed by atoms with Gasteiger partial charge in [0.05, 0.1) is 25.9 Å². The summed E-state index contributed by atoms with van der Waals surface area (Å²) in [5.41, 5.74) is 0. The molecule has 0 unspecified atom stereocenters. The third-order valence-corrected chi connectivity index (χ3v) is 2.59. The molecule has 0 amide bonds. The summed E-state index contributed by atoms with van der Waals surface area (Å²) in [5.74, 6) is -0.198. The van der Waals surface area contributed by atoms with Gasteiger partial charge in [0.25, 0.3) is 0 Å². The molecule has 1 atom stereocenters. The zero-order valence-corrected chi connectivity index (χ0v) is 11.0. The first-order valence-corrected chi connectivity index (χ1v) is 6.25. The second-order valence-corrected chi connectivity index (χ2v) is 4.31. The van der Waals surface area contributed by atoms with Crippen LogP contribution in [0.25, 0.3) is 0 Å². The van der Waals surface area contributed by atoms with Gasteiger partial charge in [-0.1, -0.05) is 0 Å². The SMILES string of the molecule is CCOCCN1CCOC[C@H]1C(=O)OC(C)C. The smallest absolute Gasteiger partial charge is 0.326 e. The van der Waals surface area contributed by atoms with E-state index in [1.165, 1.54) is 0 Å². The predicted molar refractivity (Wildman–Crippen MR) is 63.9 cm³/mol. The molecule has 1 saturated heterocycles. The van der Waals surface area contributed by atoms with Crippen LogP contribution in [0.1, 0.15) is 20.8 Å². The Hall–Kier alpha value is -0.650. The van der Waals surface area contributed by atoms with Crippen LogP contribution in [0.2, 0.25) is 0 Å². The van der Waals surface area contributed by atoms with Gasteiger partial charge in [-0.25, -0.2) is 0 Å². The first-order valence-electron chi connectivity index (χ1n) is 6.25. The zero-order valence-electron chi connectivity index (χ0n) is 11.0. The molecule has 100 valence electrons. The van der Waals surface area contributed by atoms with Crippen molar-refractivity contribution in [3.8, 4) is 0 Å². The summed E-state index contributed by atoms with van der Waals surface area (Å²) >= 11 is 0. The van der Waals surface area contributed by atoms with Gasteiger partial charge in [0.15, 0.2) is 0 Å². The maximum absolute atomic E-state index is 11.9. The highest BCUT2D eigenvalue weighted by molar-refractivity contribution is 5.76. The van der Waals surface area contributed by atoms with Crippen molar-refractivity contribution in [2.45, 2.75) is 32.9 Å². The molecule has 1 fully saturated rings. The van der Waals surface area contributed by atoms with E-state index in [9.17, 15) is 4.79 Å². The first kappa shape index (κ1) is 14.4. The molecule has 17 heavy (non-hydrogen) atoms. The van der Waals surface area contributed by atoms with Crippen molar-refractivity contribution in [3.05, 3.63) is 0 Å². The monoisotopic (exact) mass is 245 g/mol. The Bertz CT molecular complexity index is 233. The minimum absolute atomic E-state index is 0.0850. The molecular weight excluding hydrogens is 222 g/mol. The van der Waals surface area contributed by atoms with Crippen LogP contribution < -0.4 is 0 Å². The lowest BCUT2D eigenvalue weighted by Gasteiger charge is -2.34. The van der Waals surface area contributed by atoms with E-state index in [4.69, 9.17) is 14.2 Å². The van der Waals surface area contributed by atoms with E-state index in [1.807, 2.05) is 20.8 Å². The summed E-state index contributed by atoms with van der Waals surface area (Å²) in [5, 5.41) is 0. The molecule has 5 heteroatoms. The first-order chi connectivity index (χ1) is 8.15. The highest BCUT2D eigenvalue weighted by Gasteiger charge is 2.30. The van der Waals surface area contributed by atoms with Gasteiger partial charge in [-0.3, -0.25) is 9.69 Å². The van der Waals surface area contributed by atoms with Crippen molar-refractivity contribution >= 4 is 5.97 Å². The number of hydrogen-bond acceptors (Lipinski definition) is 5. The van der Waals surface area contributed by atoms with Crippen LogP contribution in [0, 0.1) is 0 Å². The van der Waals surface area contributed by atoms with Crippen LogP contribution in [-0.2, 0) is 19.0 Å². The summed E-state index contributed by atoms with van der Waals surface area (Å²) in [6, 6.07) is -0.286. The molecule has 0 aliphatic carbocycles. The fourth-order valence-electron chi connectivity index (χ4n) is 1.76. The van der Waals surface area contributed by atoms with E-state index in [0.29, 0.717) is 26.4 Å². The Morgan fingerprint density at radius 3 is 2.94 bits per heavy atom. The molecule has 1 rings (SSSR count). The van der Waals surface area contributed by atoms with Gasteiger partial charge >= 0.3 is 5.97 Å². The van der Waals surface area contributed by atoms with Crippen molar-refractivity contribution in [3.63, 3.8) is 0 Å². The Morgan fingerprint density at radius 1 is 1.53 bits per heavy atom. The average Bonchev–Trinajstić information content (AvgIpc) is 2.29. The van der Waals surface area contributed by atoms with Crippen LogP contribution in [0.15, 0.2) is 0 Å². The summed E-state index contributed by atoms with van der Waals surface area (Å²) in [7, 11) is 0. The minimum atomic E-state index is -0.286. The van der Waals surface area contributed by atoms with Crippen LogP contribution in [0.3, 0.4) is 0 Å². The maximum Gasteiger partial charge on any atom is 0.326 e. The van der Waals surface area contributed by atoms with Crippen LogP contribution in [0.4, 0.5) is 0 Å². The number of ether oxygens (including phenoxy) is 3. The van der Waals surface area contributed by atoms with Crippen molar-refractivity contribution in [2.24, 2.45) is 0 Å². The molecule has 0 saturated carbocycles. The molecule has 0 aromatic heterocycles. The fraction of sp³-hybridized carbons (Fsp3) is 0.917. The number of nitrogens with zero attached hydrogens (tertiary/aromatic N) is 1. The predicted octanol–water partition coefficient (Wildman–Crippen LogP) is 0.675. The Kier molecular flexibility index (Phi) is 6.47. The van der Waals surface area contributed by atoms with Crippen molar-refractivity contribution in [1.82, 2.24) is 4.90 Å². The fourth-order valence-corrected chi connectivity index (χ4v) is 1.76. The molecule has 0 aromatic rings. The molecule has 0 bridgehead atoms. The Balaban J connectivity index is 2.44. The molecule has 1 aliphatic rings. The van der Waals surface area contributed by atoms with Gasteiger partial charge in [-0.05, 0) is 20.8 Å². The summed E-state index contributed by atoms with van der Waals surface area (Å²) < 4.78 is 15.9. The number of carbonyl (C=O) groups is 1. The number of morpholine rings is 1. The standard InChI is InChI=1S/C12H23NO4/c1-4-15-7-5-13-6-8-16-9-11(13)12(14)17-10(2)3/h10-11H,4-9H2,1-3H3/t11-/m0/s1. The van der Waals surface area contributed by atoms with Crippen LogP contribution >= 0.6 is 0 Å². The Labute approximate surface area is 103 Å². The maximum atomic E-state index is 11.9. The molecule has 5 nitrogen and oxygen atoms in total. The highest BCUT2D eigenvalue weighted by atomic mass is 16.5. The van der Waals surface area contributed by atoms with Crippen molar-refractivity contribution in [1.29, 1.82) is 0 Å². The molecule has 0 radical (unpaired) electrons. The van der Waals surface area contributed by atoms with Gasteiger partial charge < -0.3 is 14.2 Å². The lowest BCUT2D eigenvalue weighted by molar-refractivity contribution is -0.160. The second-order valence-electron chi connectivity index (χ2n) is 4.31. The van der Waals surface area contributed by atoms with Gasteiger partial charge in [-0.15, -0.1) is 0 Å². The summed E-state index contributed by atoms with van der Waals surface area (Å²) in [6.45, 7) is 9.59. The highest BCUT2D eigenvalue weighted by Crippen LogP contribution is 2.09. The van der Waals surface area contributed by atoms with Gasteiger partial charge in [0, 0.05) is 19.7 Å². The number of carbonyl (C=O) groups excluding carboxylic acids is 1.